The van der Waals surface area contributed by atoms with E-state index in [-0.39, 0.29) is 12.1 Å². The first-order chi connectivity index (χ1) is 13.0. The van der Waals surface area contributed by atoms with Gasteiger partial charge >= 0.3 is 6.03 Å². The third-order valence-corrected chi connectivity index (χ3v) is 5.11. The predicted octanol–water partition coefficient (Wildman–Crippen LogP) is 1.57. The van der Waals surface area contributed by atoms with Crippen LogP contribution in [0.5, 0.6) is 5.75 Å². The summed E-state index contributed by atoms with van der Waals surface area (Å²) in [5, 5.41) is 6.02. The number of benzene rings is 1. The van der Waals surface area contributed by atoms with Crippen LogP contribution in [0.4, 0.5) is 4.79 Å². The van der Waals surface area contributed by atoms with Crippen LogP contribution in [0.1, 0.15) is 18.0 Å². The third-order valence-electron chi connectivity index (χ3n) is 5.11. The number of likely N-dealkylation sites (tertiary alicyclic amines) is 1. The average Bonchev–Trinajstić information content (AvgIpc) is 3.12. The van der Waals surface area contributed by atoms with Crippen molar-refractivity contribution in [3.05, 3.63) is 29.8 Å². The molecule has 1 aliphatic rings. The van der Waals surface area contributed by atoms with Crippen molar-refractivity contribution in [3.63, 3.8) is 0 Å². The molecule has 1 heterocycles. The fraction of sp³-hybridized carbons (Fsp3) is 0.650. The molecule has 2 amide bonds. The second-order valence-electron chi connectivity index (χ2n) is 7.26. The van der Waals surface area contributed by atoms with Crippen molar-refractivity contribution in [3.8, 4) is 5.75 Å². The second kappa shape index (κ2) is 11.1. The Kier molecular flexibility index (Phi) is 8.84. The van der Waals surface area contributed by atoms with E-state index < -0.39 is 0 Å². The summed E-state index contributed by atoms with van der Waals surface area (Å²) in [6.45, 7) is 5.04. The minimum atomic E-state index is -0.118. The lowest BCUT2D eigenvalue weighted by Gasteiger charge is -2.26. The van der Waals surface area contributed by atoms with E-state index in [0.29, 0.717) is 19.0 Å². The summed E-state index contributed by atoms with van der Waals surface area (Å²) in [4.78, 5) is 16.7. The largest absolute Gasteiger partial charge is 0.496 e. The highest BCUT2D eigenvalue weighted by Crippen LogP contribution is 2.27. The van der Waals surface area contributed by atoms with Crippen LogP contribution in [0.3, 0.4) is 0 Å². The summed E-state index contributed by atoms with van der Waals surface area (Å²) in [5.41, 5.74) is 1.06. The molecule has 1 aromatic carbocycles. The molecule has 1 saturated heterocycles. The maximum absolute atomic E-state index is 12.3. The van der Waals surface area contributed by atoms with Gasteiger partial charge in [-0.3, -0.25) is 0 Å². The molecule has 0 aliphatic carbocycles. The first kappa shape index (κ1) is 21.5. The zero-order valence-corrected chi connectivity index (χ0v) is 17.0. The minimum Gasteiger partial charge on any atom is -0.496 e. The van der Waals surface area contributed by atoms with Gasteiger partial charge in [0, 0.05) is 38.9 Å². The monoisotopic (exact) mass is 378 g/mol. The molecule has 7 heteroatoms. The lowest BCUT2D eigenvalue weighted by Crippen LogP contribution is -2.42. The summed E-state index contributed by atoms with van der Waals surface area (Å²) in [6.07, 6.45) is 1.12. The van der Waals surface area contributed by atoms with E-state index in [2.05, 4.69) is 20.4 Å². The first-order valence-electron chi connectivity index (χ1n) is 9.57. The molecule has 0 spiro atoms. The normalized spacial score (nSPS) is 18.5. The number of hydrogen-bond acceptors (Lipinski definition) is 5. The number of carbonyl (C=O) groups excluding carboxylic acids is 1. The average molecular weight is 379 g/mol. The Morgan fingerprint density at radius 2 is 2.07 bits per heavy atom. The molecular formula is C20H34N4O3. The summed E-state index contributed by atoms with van der Waals surface area (Å²) >= 11 is 0. The molecular weight excluding hydrogens is 344 g/mol. The Labute approximate surface area is 163 Å². The molecule has 2 atom stereocenters. The van der Waals surface area contributed by atoms with Crippen LogP contribution in [0.25, 0.3) is 0 Å². The van der Waals surface area contributed by atoms with Gasteiger partial charge in [0.05, 0.1) is 19.8 Å². The predicted molar refractivity (Wildman–Crippen MR) is 107 cm³/mol. The number of urea groups is 1. The van der Waals surface area contributed by atoms with Gasteiger partial charge in [-0.25, -0.2) is 4.79 Å². The Balaban J connectivity index is 1.78. The number of para-hydroxylation sites is 1. The van der Waals surface area contributed by atoms with Crippen LogP contribution in [0.15, 0.2) is 24.3 Å². The van der Waals surface area contributed by atoms with E-state index in [1.54, 1.807) is 14.2 Å². The summed E-state index contributed by atoms with van der Waals surface area (Å²) < 4.78 is 10.6. The smallest absolute Gasteiger partial charge is 0.314 e. The lowest BCUT2D eigenvalue weighted by molar-refractivity contribution is 0.159. The van der Waals surface area contributed by atoms with Gasteiger partial charge in [-0.2, -0.15) is 0 Å². The Hall–Kier alpha value is -1.83. The summed E-state index contributed by atoms with van der Waals surface area (Å²) in [7, 11) is 7.41. The number of rotatable bonds is 10. The van der Waals surface area contributed by atoms with E-state index >= 15 is 0 Å². The molecule has 152 valence electrons. The molecule has 2 unspecified atom stereocenters. The first-order valence-corrected chi connectivity index (χ1v) is 9.57. The van der Waals surface area contributed by atoms with Crippen LogP contribution in [-0.2, 0) is 4.74 Å². The molecule has 1 aromatic rings. The maximum Gasteiger partial charge on any atom is 0.314 e. The second-order valence-corrected chi connectivity index (χ2v) is 7.26. The van der Waals surface area contributed by atoms with Gasteiger partial charge in [0.25, 0.3) is 0 Å². The Bertz CT molecular complexity index is 582. The SMILES string of the molecule is COCCN1CCC(CNC(=O)NCC(c2ccccc2OC)N(C)C)C1. The van der Waals surface area contributed by atoms with Crippen molar-refractivity contribution in [2.24, 2.45) is 5.92 Å². The Morgan fingerprint density at radius 3 is 2.78 bits per heavy atom. The molecule has 27 heavy (non-hydrogen) atoms. The van der Waals surface area contributed by atoms with Gasteiger partial charge in [0.2, 0.25) is 0 Å². The van der Waals surface area contributed by atoms with Crippen LogP contribution in [0.2, 0.25) is 0 Å². The molecule has 7 nitrogen and oxygen atoms in total. The molecule has 1 aliphatic heterocycles. The topological polar surface area (TPSA) is 66.1 Å². The Morgan fingerprint density at radius 1 is 1.30 bits per heavy atom. The van der Waals surface area contributed by atoms with Crippen molar-refractivity contribution in [1.29, 1.82) is 0 Å². The van der Waals surface area contributed by atoms with Crippen molar-refractivity contribution < 1.29 is 14.3 Å². The van der Waals surface area contributed by atoms with Crippen LogP contribution >= 0.6 is 0 Å². The summed E-state index contributed by atoms with van der Waals surface area (Å²) in [5.74, 6) is 1.34. The van der Waals surface area contributed by atoms with Crippen molar-refractivity contribution in [2.45, 2.75) is 12.5 Å². The number of hydrogen-bond donors (Lipinski definition) is 2. The molecule has 0 radical (unpaired) electrons. The van der Waals surface area contributed by atoms with Crippen LogP contribution < -0.4 is 15.4 Å². The zero-order valence-electron chi connectivity index (χ0n) is 17.0. The number of nitrogens with one attached hydrogen (secondary N) is 2. The van der Waals surface area contributed by atoms with Gasteiger partial charge in [-0.05, 0) is 39.0 Å². The summed E-state index contributed by atoms with van der Waals surface area (Å²) in [6, 6.07) is 7.85. The van der Waals surface area contributed by atoms with Crippen LogP contribution in [0, 0.1) is 5.92 Å². The zero-order chi connectivity index (χ0) is 19.6. The molecule has 0 saturated carbocycles. The molecule has 0 aromatic heterocycles. The number of nitrogens with zero attached hydrogens (tertiary/aromatic N) is 2. The van der Waals surface area contributed by atoms with Crippen LogP contribution in [-0.4, -0.2) is 83.5 Å². The van der Waals surface area contributed by atoms with Gasteiger partial charge in [0.1, 0.15) is 5.75 Å². The molecule has 2 rings (SSSR count). The van der Waals surface area contributed by atoms with E-state index in [0.717, 1.165) is 44.0 Å². The van der Waals surface area contributed by atoms with Gasteiger partial charge < -0.3 is 29.9 Å². The maximum atomic E-state index is 12.3. The third kappa shape index (κ3) is 6.68. The van der Waals surface area contributed by atoms with Crippen molar-refractivity contribution >= 4 is 6.03 Å². The van der Waals surface area contributed by atoms with E-state index in [4.69, 9.17) is 9.47 Å². The van der Waals surface area contributed by atoms with Crippen molar-refractivity contribution in [1.82, 2.24) is 20.4 Å². The van der Waals surface area contributed by atoms with E-state index in [1.807, 2.05) is 38.4 Å². The van der Waals surface area contributed by atoms with Gasteiger partial charge in [-0.1, -0.05) is 18.2 Å². The highest BCUT2D eigenvalue weighted by molar-refractivity contribution is 5.73. The fourth-order valence-electron chi connectivity index (χ4n) is 3.50. The van der Waals surface area contributed by atoms with Gasteiger partial charge in [0.15, 0.2) is 0 Å². The highest BCUT2D eigenvalue weighted by Gasteiger charge is 2.23. The number of carbonyl (C=O) groups is 1. The van der Waals surface area contributed by atoms with E-state index in [1.165, 1.54) is 0 Å². The lowest BCUT2D eigenvalue weighted by atomic mass is 10.0. The fourth-order valence-corrected chi connectivity index (χ4v) is 3.50. The highest BCUT2D eigenvalue weighted by atomic mass is 16.5. The minimum absolute atomic E-state index is 0.0444. The standard InChI is InChI=1S/C20H34N4O3/c1-23(2)18(17-7-5-6-8-19(17)27-4)14-22-20(25)21-13-16-9-10-24(15-16)11-12-26-3/h5-8,16,18H,9-15H2,1-4H3,(H2,21,22,25). The number of ether oxygens (including phenoxy) is 2. The number of amides is 2. The van der Waals surface area contributed by atoms with E-state index in [9.17, 15) is 4.79 Å². The van der Waals surface area contributed by atoms with Crippen molar-refractivity contribution in [2.75, 3.05) is 67.6 Å². The molecule has 1 fully saturated rings. The number of likely N-dealkylation sites (N-methyl/N-ethyl adjacent to an activating group) is 1. The van der Waals surface area contributed by atoms with Gasteiger partial charge in [-0.15, -0.1) is 0 Å². The number of methoxy groups -OCH3 is 2. The molecule has 2 N–H and O–H groups in total. The molecule has 0 bridgehead atoms. The quantitative estimate of drug-likeness (QED) is 0.647.